The van der Waals surface area contributed by atoms with E-state index in [1.165, 1.54) is 25.3 Å². The maximum Gasteiger partial charge on any atom is 0.306 e. The predicted molar refractivity (Wildman–Crippen MR) is 192 cm³/mol. The zero-order valence-electron chi connectivity index (χ0n) is 31.3. The van der Waals surface area contributed by atoms with Crippen molar-refractivity contribution in [1.29, 1.82) is 0 Å². The number of hydrogen-bond donors (Lipinski definition) is 4. The van der Waals surface area contributed by atoms with E-state index in [1.807, 2.05) is 6.92 Å². The topological polar surface area (TPSA) is 189 Å². The number of aliphatic hydroxyl groups excluding tert-OH is 1. The second kappa shape index (κ2) is 17.1. The summed E-state index contributed by atoms with van der Waals surface area (Å²) in [6, 6.07) is 4.08. The summed E-state index contributed by atoms with van der Waals surface area (Å²) in [6.07, 6.45) is 0.432. The average Bonchev–Trinajstić information content (AvgIpc) is 3.14. The lowest BCUT2D eigenvalue weighted by Crippen LogP contribution is -2.56. The number of benzene rings is 2. The lowest BCUT2D eigenvalue weighted by Gasteiger charge is -2.45. The monoisotopic (exact) mass is 739 g/mol. The number of aromatic hydroxyl groups is 2. The molecule has 2 aromatic carbocycles. The Kier molecular flexibility index (Phi) is 13.0. The second-order valence-electron chi connectivity index (χ2n) is 14.4. The van der Waals surface area contributed by atoms with Gasteiger partial charge in [0.25, 0.3) is 0 Å². The van der Waals surface area contributed by atoms with Crippen LogP contribution in [0.2, 0.25) is 0 Å². The number of phenolic OH excluding ortho intramolecular Hbond substituents is 2. The maximum absolute atomic E-state index is 14.1. The van der Waals surface area contributed by atoms with E-state index in [4.69, 9.17) is 18.9 Å². The first kappa shape index (κ1) is 40.3. The van der Waals surface area contributed by atoms with Gasteiger partial charge in [0.05, 0.1) is 42.1 Å². The number of unbranched alkanes of at least 4 members (excludes halogenated alkanes) is 3. The highest BCUT2D eigenvalue weighted by Crippen LogP contribution is 2.52. The number of hydrogen-bond acceptors (Lipinski definition) is 13. The van der Waals surface area contributed by atoms with Gasteiger partial charge in [-0.25, -0.2) is 0 Å². The summed E-state index contributed by atoms with van der Waals surface area (Å²) in [5.74, 6) is -4.21. The van der Waals surface area contributed by atoms with Gasteiger partial charge < -0.3 is 39.4 Å². The number of ether oxygens (including phenoxy) is 4. The number of methoxy groups -OCH3 is 1. The highest BCUT2D eigenvalue weighted by molar-refractivity contribution is 6.31. The Bertz CT molecular complexity index is 1700. The quantitative estimate of drug-likeness (QED) is 0.117. The zero-order chi connectivity index (χ0) is 38.6. The molecule has 0 bridgehead atoms. The summed E-state index contributed by atoms with van der Waals surface area (Å²) >= 11 is 0. The molecule has 1 heterocycles. The molecule has 0 amide bonds. The Hall–Kier alpha value is -3.88. The highest BCUT2D eigenvalue weighted by atomic mass is 16.7. The fourth-order valence-corrected chi connectivity index (χ4v) is 7.75. The average molecular weight is 740 g/mol. The van der Waals surface area contributed by atoms with Crippen LogP contribution in [0.4, 0.5) is 0 Å². The van der Waals surface area contributed by atoms with Crippen LogP contribution in [0.3, 0.4) is 0 Å². The van der Waals surface area contributed by atoms with Gasteiger partial charge in [0, 0.05) is 48.4 Å². The van der Waals surface area contributed by atoms with E-state index in [2.05, 4.69) is 18.7 Å². The first-order valence-corrected chi connectivity index (χ1v) is 18.8. The predicted octanol–water partition coefficient (Wildman–Crippen LogP) is 4.69. The third kappa shape index (κ3) is 8.00. The number of nitrogens with zero attached hydrogens (tertiary/aromatic N) is 1. The maximum atomic E-state index is 14.1. The van der Waals surface area contributed by atoms with Crippen LogP contribution in [0, 0.1) is 0 Å². The largest absolute Gasteiger partial charge is 0.507 e. The Labute approximate surface area is 310 Å². The number of rotatable bonds is 16. The molecule has 4 N–H and O–H groups in total. The number of aliphatic hydroxyl groups is 2. The number of fused-ring (bicyclic) bond motifs is 3. The van der Waals surface area contributed by atoms with Gasteiger partial charge in [-0.2, -0.15) is 0 Å². The van der Waals surface area contributed by atoms with Gasteiger partial charge in [0.2, 0.25) is 11.6 Å². The van der Waals surface area contributed by atoms with Gasteiger partial charge >= 0.3 is 5.97 Å². The second-order valence-corrected chi connectivity index (χ2v) is 14.4. The molecular weight excluding hydrogens is 686 g/mol. The van der Waals surface area contributed by atoms with Crippen LogP contribution in [0.25, 0.3) is 0 Å². The zero-order valence-corrected chi connectivity index (χ0v) is 31.3. The number of Topliss-reactive ketones (excluding diaryl/α,β-unsaturated/α-hetero) is 1. The minimum absolute atomic E-state index is 0.0460. The molecule has 2 unspecified atom stereocenters. The van der Waals surface area contributed by atoms with Gasteiger partial charge in [-0.1, -0.05) is 52.2 Å². The molecule has 3 aliphatic rings. The lowest BCUT2D eigenvalue weighted by atomic mass is 9.72. The van der Waals surface area contributed by atoms with Crippen molar-refractivity contribution in [3.63, 3.8) is 0 Å². The van der Waals surface area contributed by atoms with Crippen LogP contribution in [-0.2, 0) is 30.2 Å². The first-order chi connectivity index (χ1) is 25.3. The smallest absolute Gasteiger partial charge is 0.306 e. The highest BCUT2D eigenvalue weighted by Gasteiger charge is 2.51. The molecule has 1 aliphatic heterocycles. The van der Waals surface area contributed by atoms with E-state index >= 15 is 0 Å². The molecule has 13 nitrogen and oxygen atoms in total. The van der Waals surface area contributed by atoms with Crippen LogP contribution < -0.4 is 4.74 Å². The minimum atomic E-state index is -2.28. The van der Waals surface area contributed by atoms with Crippen LogP contribution >= 0.6 is 0 Å². The Morgan fingerprint density at radius 1 is 0.962 bits per heavy atom. The standard InChI is InChI=1S/C40H53NO12/c1-6-9-15-29(43)51-21-28(42)40(49)19-24-32(39(48)34-33(37(24)46)36(45)23-13-12-14-26(50-5)31(23)38(34)47)27(20-40)53-30-18-25(35(44)22(4)52-30)41(16-10-7-2)17-11-8-3/h12-14,22,25,27,30,35,44,46,48-49H,6-11,15-21H2,1-5H3/t22-,25-,27?,30-,35+,40?/m0/s1. The van der Waals surface area contributed by atoms with Crippen LogP contribution in [0.5, 0.6) is 17.2 Å². The molecule has 1 saturated heterocycles. The molecule has 1 fully saturated rings. The van der Waals surface area contributed by atoms with Crippen molar-refractivity contribution in [2.75, 3.05) is 26.8 Å². The number of carbonyl (C=O) groups excluding carboxylic acids is 4. The van der Waals surface area contributed by atoms with E-state index in [1.54, 1.807) is 6.92 Å². The summed E-state index contributed by atoms with van der Waals surface area (Å²) in [5, 5.41) is 47.0. The van der Waals surface area contributed by atoms with E-state index in [-0.39, 0.29) is 46.9 Å². The summed E-state index contributed by atoms with van der Waals surface area (Å²) in [5.41, 5.74) is -3.56. The molecule has 0 spiro atoms. The van der Waals surface area contributed by atoms with Gasteiger partial charge in [0.1, 0.15) is 22.8 Å². The third-order valence-corrected chi connectivity index (χ3v) is 10.8. The molecule has 0 saturated carbocycles. The fourth-order valence-electron chi connectivity index (χ4n) is 7.75. The minimum Gasteiger partial charge on any atom is -0.507 e. The molecule has 13 heteroatoms. The summed E-state index contributed by atoms with van der Waals surface area (Å²) in [4.78, 5) is 56.2. The van der Waals surface area contributed by atoms with Crippen molar-refractivity contribution in [2.45, 2.75) is 128 Å². The molecule has 290 valence electrons. The Morgan fingerprint density at radius 2 is 1.62 bits per heavy atom. The normalized spacial score (nSPS) is 25.1. The van der Waals surface area contributed by atoms with Gasteiger partial charge in [0.15, 0.2) is 18.7 Å². The van der Waals surface area contributed by atoms with Crippen molar-refractivity contribution in [1.82, 2.24) is 4.90 Å². The van der Waals surface area contributed by atoms with E-state index in [0.29, 0.717) is 6.42 Å². The van der Waals surface area contributed by atoms with E-state index < -0.39 is 95.6 Å². The van der Waals surface area contributed by atoms with Crippen LogP contribution in [-0.4, -0.2) is 106 Å². The number of esters is 1. The molecular formula is C40H53NO12. The van der Waals surface area contributed by atoms with Crippen molar-refractivity contribution < 1.29 is 58.6 Å². The number of ketones is 3. The lowest BCUT2D eigenvalue weighted by molar-refractivity contribution is -0.258. The van der Waals surface area contributed by atoms with Gasteiger partial charge in [-0.15, -0.1) is 0 Å². The number of carbonyl (C=O) groups is 4. The fraction of sp³-hybridized carbons (Fsp3) is 0.600. The van der Waals surface area contributed by atoms with Gasteiger partial charge in [-0.05, 0) is 45.3 Å². The van der Waals surface area contributed by atoms with Crippen molar-refractivity contribution in [3.05, 3.63) is 51.6 Å². The molecule has 2 aliphatic carbocycles. The van der Waals surface area contributed by atoms with Crippen molar-refractivity contribution >= 4 is 23.3 Å². The van der Waals surface area contributed by atoms with Crippen LogP contribution in [0.15, 0.2) is 18.2 Å². The number of phenols is 2. The molecule has 5 rings (SSSR count). The molecule has 53 heavy (non-hydrogen) atoms. The summed E-state index contributed by atoms with van der Waals surface area (Å²) in [6.45, 7) is 8.56. The van der Waals surface area contributed by atoms with Crippen molar-refractivity contribution in [2.24, 2.45) is 0 Å². The summed E-state index contributed by atoms with van der Waals surface area (Å²) < 4.78 is 23.2. The van der Waals surface area contributed by atoms with Crippen molar-refractivity contribution in [3.8, 4) is 17.2 Å². The van der Waals surface area contributed by atoms with E-state index in [0.717, 1.165) is 45.2 Å². The molecule has 0 radical (unpaired) electrons. The third-order valence-electron chi connectivity index (χ3n) is 10.8. The molecule has 6 atom stereocenters. The first-order valence-electron chi connectivity index (χ1n) is 18.8. The van der Waals surface area contributed by atoms with E-state index in [9.17, 15) is 39.6 Å². The summed E-state index contributed by atoms with van der Waals surface area (Å²) in [7, 11) is 1.34. The SMILES string of the molecule is CCCCC(=O)OCC(=O)C1(O)Cc2c(O)c3c(c(O)c2C(O[C@H]2C[C@H](N(CCCC)CCCC)[C@H](O)[C@H](C)O2)C1)C(=O)c1c(OC)cccc1C3=O. The van der Waals surface area contributed by atoms with Gasteiger partial charge in [-0.3, -0.25) is 24.1 Å². The Morgan fingerprint density at radius 3 is 2.26 bits per heavy atom. The Balaban J connectivity index is 1.58. The molecule has 0 aromatic heterocycles. The molecule has 2 aromatic rings. The van der Waals surface area contributed by atoms with Crippen LogP contribution in [0.1, 0.15) is 135 Å².